The van der Waals surface area contributed by atoms with Gasteiger partial charge in [0.1, 0.15) is 4.90 Å². The molecule has 2 aromatic rings. The van der Waals surface area contributed by atoms with E-state index >= 15 is 0 Å². The van der Waals surface area contributed by atoms with E-state index in [-0.39, 0.29) is 15.5 Å². The summed E-state index contributed by atoms with van der Waals surface area (Å²) in [6, 6.07) is 11.1. The van der Waals surface area contributed by atoms with Crippen LogP contribution < -0.4 is 9.62 Å². The molecule has 0 saturated carbocycles. The summed E-state index contributed by atoms with van der Waals surface area (Å²) in [7, 11) is -3.96. The lowest BCUT2D eigenvalue weighted by Crippen LogP contribution is -2.30. The molecule has 1 aliphatic rings. The van der Waals surface area contributed by atoms with E-state index in [9.17, 15) is 18.0 Å². The van der Waals surface area contributed by atoms with Crippen LogP contribution in [0.15, 0.2) is 47.4 Å². The number of ether oxygens (including phenoxy) is 1. The number of carbonyl (C=O) groups is 2. The Kier molecular flexibility index (Phi) is 5.90. The van der Waals surface area contributed by atoms with Gasteiger partial charge in [-0.05, 0) is 43.2 Å². The van der Waals surface area contributed by atoms with Gasteiger partial charge in [0.2, 0.25) is 0 Å². The highest BCUT2D eigenvalue weighted by atomic mass is 35.5. The SMILES string of the molecule is CCNC(=O)COC(=O)c1ccc(Cl)c(S(=O)(=O)N2CCc3ccccc32)c1. The lowest BCUT2D eigenvalue weighted by atomic mass is 10.2. The number of para-hydroxylation sites is 1. The molecule has 0 atom stereocenters. The Balaban J connectivity index is 1.87. The van der Waals surface area contributed by atoms with E-state index in [1.807, 2.05) is 12.1 Å². The monoisotopic (exact) mass is 422 g/mol. The number of esters is 1. The highest BCUT2D eigenvalue weighted by Crippen LogP contribution is 2.35. The molecule has 1 N–H and O–H groups in total. The normalized spacial score (nSPS) is 13.1. The summed E-state index contributed by atoms with van der Waals surface area (Å²) in [5, 5.41) is 2.51. The average molecular weight is 423 g/mol. The Hall–Kier alpha value is -2.58. The van der Waals surface area contributed by atoms with E-state index in [2.05, 4.69) is 5.32 Å². The molecule has 28 heavy (non-hydrogen) atoms. The number of hydrogen-bond donors (Lipinski definition) is 1. The van der Waals surface area contributed by atoms with Crippen molar-refractivity contribution < 1.29 is 22.7 Å². The van der Waals surface area contributed by atoms with Crippen molar-refractivity contribution >= 4 is 39.2 Å². The van der Waals surface area contributed by atoms with Gasteiger partial charge in [-0.2, -0.15) is 0 Å². The molecule has 0 aliphatic carbocycles. The quantitative estimate of drug-likeness (QED) is 0.721. The van der Waals surface area contributed by atoms with Crippen molar-refractivity contribution in [2.75, 3.05) is 24.0 Å². The third-order valence-corrected chi connectivity index (χ3v) is 6.58. The van der Waals surface area contributed by atoms with Crippen molar-refractivity contribution in [1.82, 2.24) is 5.32 Å². The second-order valence-corrected chi connectivity index (χ2v) is 8.37. The first-order valence-electron chi connectivity index (χ1n) is 8.68. The molecule has 0 aromatic heterocycles. The number of sulfonamides is 1. The minimum Gasteiger partial charge on any atom is -0.452 e. The number of benzene rings is 2. The van der Waals surface area contributed by atoms with Crippen molar-refractivity contribution in [1.29, 1.82) is 0 Å². The van der Waals surface area contributed by atoms with Gasteiger partial charge < -0.3 is 10.1 Å². The summed E-state index contributed by atoms with van der Waals surface area (Å²) in [6.45, 7) is 2.00. The Labute approximate surface area is 168 Å². The van der Waals surface area contributed by atoms with Crippen molar-refractivity contribution in [2.24, 2.45) is 0 Å². The van der Waals surface area contributed by atoms with Gasteiger partial charge in [-0.3, -0.25) is 9.10 Å². The summed E-state index contributed by atoms with van der Waals surface area (Å²) in [5.74, 6) is -1.24. The fourth-order valence-corrected chi connectivity index (χ4v) is 4.97. The lowest BCUT2D eigenvalue weighted by molar-refractivity contribution is -0.124. The van der Waals surface area contributed by atoms with Gasteiger partial charge in [0.15, 0.2) is 6.61 Å². The minimum absolute atomic E-state index is 0.000226. The highest BCUT2D eigenvalue weighted by Gasteiger charge is 2.32. The van der Waals surface area contributed by atoms with Gasteiger partial charge in [0, 0.05) is 13.1 Å². The number of carbonyl (C=O) groups excluding carboxylic acids is 2. The van der Waals surface area contributed by atoms with Crippen LogP contribution in [0.1, 0.15) is 22.8 Å². The number of amides is 1. The largest absolute Gasteiger partial charge is 0.452 e. The van der Waals surface area contributed by atoms with Crippen LogP contribution in [0.3, 0.4) is 0 Å². The molecule has 3 rings (SSSR count). The van der Waals surface area contributed by atoms with Crippen LogP contribution in [0.4, 0.5) is 5.69 Å². The van der Waals surface area contributed by atoms with E-state index in [4.69, 9.17) is 16.3 Å². The maximum absolute atomic E-state index is 13.2. The molecule has 148 valence electrons. The average Bonchev–Trinajstić information content (AvgIpc) is 3.11. The van der Waals surface area contributed by atoms with Crippen LogP contribution in [-0.4, -0.2) is 40.0 Å². The van der Waals surface area contributed by atoms with Crippen molar-refractivity contribution in [3.63, 3.8) is 0 Å². The van der Waals surface area contributed by atoms with Crippen LogP contribution in [0.25, 0.3) is 0 Å². The van der Waals surface area contributed by atoms with Crippen LogP contribution in [0.5, 0.6) is 0 Å². The summed E-state index contributed by atoms with van der Waals surface area (Å²) >= 11 is 6.14. The zero-order chi connectivity index (χ0) is 20.3. The molecular weight excluding hydrogens is 404 g/mol. The van der Waals surface area contributed by atoms with E-state index in [0.29, 0.717) is 25.2 Å². The summed E-state index contributed by atoms with van der Waals surface area (Å²) in [6.07, 6.45) is 0.599. The fourth-order valence-electron chi connectivity index (χ4n) is 2.97. The molecule has 0 spiro atoms. The Morgan fingerprint density at radius 1 is 1.21 bits per heavy atom. The molecule has 7 nitrogen and oxygen atoms in total. The van der Waals surface area contributed by atoms with Crippen LogP contribution in [0.2, 0.25) is 5.02 Å². The second kappa shape index (κ2) is 8.20. The van der Waals surface area contributed by atoms with Crippen molar-refractivity contribution in [3.05, 3.63) is 58.6 Å². The van der Waals surface area contributed by atoms with Gasteiger partial charge in [-0.25, -0.2) is 13.2 Å². The molecule has 2 aromatic carbocycles. The van der Waals surface area contributed by atoms with Crippen molar-refractivity contribution in [3.8, 4) is 0 Å². The zero-order valence-electron chi connectivity index (χ0n) is 15.1. The molecule has 0 bridgehead atoms. The third kappa shape index (κ3) is 3.98. The number of hydrogen-bond acceptors (Lipinski definition) is 5. The number of rotatable bonds is 6. The lowest BCUT2D eigenvalue weighted by Gasteiger charge is -2.20. The molecule has 9 heteroatoms. The second-order valence-electron chi connectivity index (χ2n) is 6.13. The zero-order valence-corrected chi connectivity index (χ0v) is 16.7. The molecule has 1 amide bonds. The predicted molar refractivity (Wildman–Crippen MR) is 105 cm³/mol. The molecule has 0 radical (unpaired) electrons. The first kappa shape index (κ1) is 20.2. The fraction of sp³-hybridized carbons (Fsp3) is 0.263. The predicted octanol–water partition coefficient (Wildman–Crippen LogP) is 2.38. The topological polar surface area (TPSA) is 92.8 Å². The Morgan fingerprint density at radius 2 is 1.96 bits per heavy atom. The maximum Gasteiger partial charge on any atom is 0.338 e. The number of nitrogens with zero attached hydrogens (tertiary/aromatic N) is 1. The van der Waals surface area contributed by atoms with Gasteiger partial charge >= 0.3 is 5.97 Å². The molecule has 1 aliphatic heterocycles. The van der Waals surface area contributed by atoms with Gasteiger partial charge in [-0.15, -0.1) is 0 Å². The maximum atomic E-state index is 13.2. The van der Waals surface area contributed by atoms with Gasteiger partial charge in [-0.1, -0.05) is 29.8 Å². The number of halogens is 1. The molecule has 1 heterocycles. The minimum atomic E-state index is -3.96. The third-order valence-electron chi connectivity index (χ3n) is 4.29. The molecule has 0 fully saturated rings. The number of nitrogens with one attached hydrogen (secondary N) is 1. The summed E-state index contributed by atoms with van der Waals surface area (Å²) < 4.78 is 32.6. The Morgan fingerprint density at radius 3 is 2.71 bits per heavy atom. The molecule has 0 saturated heterocycles. The van der Waals surface area contributed by atoms with Crippen LogP contribution >= 0.6 is 11.6 Å². The number of anilines is 1. The summed E-state index contributed by atoms with van der Waals surface area (Å²) in [4.78, 5) is 23.5. The number of likely N-dealkylation sites (N-methyl/N-ethyl adjacent to an activating group) is 1. The molecule has 0 unspecified atom stereocenters. The highest BCUT2D eigenvalue weighted by molar-refractivity contribution is 7.93. The van der Waals surface area contributed by atoms with E-state index in [1.165, 1.54) is 22.5 Å². The first-order valence-corrected chi connectivity index (χ1v) is 10.5. The van der Waals surface area contributed by atoms with Gasteiger partial charge in [0.05, 0.1) is 16.3 Å². The standard InChI is InChI=1S/C19H19ClN2O5S/c1-2-21-18(23)12-27-19(24)14-7-8-15(20)17(11-14)28(25,26)22-10-9-13-5-3-4-6-16(13)22/h3-8,11H,2,9-10,12H2,1H3,(H,21,23). The van der Waals surface area contributed by atoms with Crippen LogP contribution in [0, 0.1) is 0 Å². The molecular formula is C19H19ClN2O5S. The van der Waals surface area contributed by atoms with E-state index < -0.39 is 28.5 Å². The first-order chi connectivity index (χ1) is 13.3. The summed E-state index contributed by atoms with van der Waals surface area (Å²) in [5.41, 5.74) is 1.53. The van der Waals surface area contributed by atoms with Crippen LogP contribution in [-0.2, 0) is 26.0 Å². The van der Waals surface area contributed by atoms with E-state index in [0.717, 1.165) is 5.56 Å². The van der Waals surface area contributed by atoms with Gasteiger partial charge in [0.25, 0.3) is 15.9 Å². The Bertz CT molecular complexity index is 1020. The van der Waals surface area contributed by atoms with Crippen molar-refractivity contribution in [2.45, 2.75) is 18.2 Å². The number of fused-ring (bicyclic) bond motifs is 1. The van der Waals surface area contributed by atoms with E-state index in [1.54, 1.807) is 19.1 Å². The smallest absolute Gasteiger partial charge is 0.338 e.